The summed E-state index contributed by atoms with van der Waals surface area (Å²) in [6.07, 6.45) is 5.88. The summed E-state index contributed by atoms with van der Waals surface area (Å²) in [6, 6.07) is 4.13. The molecule has 3 rings (SSSR count). The minimum atomic E-state index is -0.571. The van der Waals surface area contributed by atoms with Gasteiger partial charge in [-0.2, -0.15) is 0 Å². The van der Waals surface area contributed by atoms with Crippen LogP contribution in [0.5, 0.6) is 0 Å². The van der Waals surface area contributed by atoms with Gasteiger partial charge in [-0.15, -0.1) is 0 Å². The lowest BCUT2D eigenvalue weighted by Crippen LogP contribution is -2.48. The topological polar surface area (TPSA) is 72.2 Å². The average Bonchev–Trinajstić information content (AvgIpc) is 3.40. The molecule has 4 nitrogen and oxygen atoms in total. The Morgan fingerprint density at radius 3 is 2.60 bits per heavy atom. The van der Waals surface area contributed by atoms with E-state index in [9.17, 15) is 14.0 Å². The number of aldehydes is 1. The highest BCUT2D eigenvalue weighted by Gasteiger charge is 2.46. The maximum Gasteiger partial charge on any atom is 0.237 e. The molecule has 2 aliphatic rings. The smallest absolute Gasteiger partial charge is 0.237 e. The molecule has 0 heterocycles. The second-order valence-electron chi connectivity index (χ2n) is 7.46. The van der Waals surface area contributed by atoms with Gasteiger partial charge in [0.25, 0.3) is 0 Å². The number of halogens is 2. The number of carbonyl (C=O) groups excluding carboxylic acids is 2. The highest BCUT2D eigenvalue weighted by molar-refractivity contribution is 6.30. The summed E-state index contributed by atoms with van der Waals surface area (Å²) in [4.78, 5) is 23.2. The Labute approximate surface area is 152 Å². The normalized spacial score (nSPS) is 25.9. The van der Waals surface area contributed by atoms with Gasteiger partial charge in [-0.1, -0.05) is 17.7 Å². The lowest BCUT2D eigenvalue weighted by molar-refractivity contribution is -0.124. The highest BCUT2D eigenvalue weighted by atomic mass is 35.5. The molecule has 0 aromatic heterocycles. The van der Waals surface area contributed by atoms with Gasteiger partial charge in [0, 0.05) is 22.9 Å². The van der Waals surface area contributed by atoms with Crippen LogP contribution in [0.25, 0.3) is 0 Å². The second kappa shape index (κ2) is 7.42. The van der Waals surface area contributed by atoms with Crippen LogP contribution in [0.3, 0.4) is 0 Å². The molecule has 1 aromatic carbocycles. The molecule has 25 heavy (non-hydrogen) atoms. The minimum absolute atomic E-state index is 0.106. The van der Waals surface area contributed by atoms with Crippen molar-refractivity contribution in [2.45, 2.75) is 50.0 Å². The van der Waals surface area contributed by atoms with Crippen molar-refractivity contribution in [3.05, 3.63) is 34.6 Å². The molecule has 2 fully saturated rings. The maximum atomic E-state index is 14.2. The summed E-state index contributed by atoms with van der Waals surface area (Å²) >= 11 is 5.82. The molecule has 0 bridgehead atoms. The van der Waals surface area contributed by atoms with Gasteiger partial charge in [0.15, 0.2) is 0 Å². The fourth-order valence-corrected chi connectivity index (χ4v) is 4.00. The first-order valence-electron chi connectivity index (χ1n) is 8.89. The lowest BCUT2D eigenvalue weighted by atomic mass is 9.79. The van der Waals surface area contributed by atoms with Crippen LogP contribution in [-0.2, 0) is 15.0 Å². The van der Waals surface area contributed by atoms with Crippen LogP contribution in [0.1, 0.15) is 44.1 Å². The molecule has 0 saturated heterocycles. The van der Waals surface area contributed by atoms with Gasteiger partial charge in [0.2, 0.25) is 5.91 Å². The Hall–Kier alpha value is -1.46. The van der Waals surface area contributed by atoms with E-state index in [1.165, 1.54) is 6.07 Å². The van der Waals surface area contributed by atoms with Crippen molar-refractivity contribution < 1.29 is 14.0 Å². The standard InChI is InChI=1S/C19H24ClFN2O2/c20-14-5-6-15(16(21)9-14)19(7-8-19)11-23-18(25)17(22)13-3-1-12(10-24)2-4-13/h5-6,9-10,12-13,17H,1-4,7-8,11,22H2,(H,23,25). The maximum absolute atomic E-state index is 14.2. The molecule has 0 aliphatic heterocycles. The molecule has 1 unspecified atom stereocenters. The van der Waals surface area contributed by atoms with E-state index in [1.807, 2.05) is 0 Å². The first kappa shape index (κ1) is 18.3. The zero-order valence-electron chi connectivity index (χ0n) is 14.1. The average molecular weight is 367 g/mol. The minimum Gasteiger partial charge on any atom is -0.354 e. The Bertz CT molecular complexity index is 655. The summed E-state index contributed by atoms with van der Waals surface area (Å²) in [5.41, 5.74) is 6.40. The summed E-state index contributed by atoms with van der Waals surface area (Å²) in [6.45, 7) is 0.391. The first-order valence-corrected chi connectivity index (χ1v) is 9.27. The lowest BCUT2D eigenvalue weighted by Gasteiger charge is -2.29. The molecule has 3 N–H and O–H groups in total. The van der Waals surface area contributed by atoms with Crippen molar-refractivity contribution in [1.82, 2.24) is 5.32 Å². The van der Waals surface area contributed by atoms with E-state index < -0.39 is 6.04 Å². The highest BCUT2D eigenvalue weighted by Crippen LogP contribution is 2.48. The van der Waals surface area contributed by atoms with Gasteiger partial charge in [-0.3, -0.25) is 4.79 Å². The van der Waals surface area contributed by atoms with E-state index in [0.717, 1.165) is 44.8 Å². The Morgan fingerprint density at radius 2 is 2.04 bits per heavy atom. The molecule has 6 heteroatoms. The van der Waals surface area contributed by atoms with Crippen molar-refractivity contribution >= 4 is 23.8 Å². The Morgan fingerprint density at radius 1 is 1.36 bits per heavy atom. The Kier molecular flexibility index (Phi) is 5.44. The van der Waals surface area contributed by atoms with Crippen LogP contribution in [0.15, 0.2) is 18.2 Å². The van der Waals surface area contributed by atoms with Crippen molar-refractivity contribution in [2.75, 3.05) is 6.54 Å². The van der Waals surface area contributed by atoms with E-state index in [2.05, 4.69) is 5.32 Å². The predicted octanol–water partition coefficient (Wildman–Crippen LogP) is 2.96. The van der Waals surface area contributed by atoms with Crippen molar-refractivity contribution in [2.24, 2.45) is 17.6 Å². The van der Waals surface area contributed by atoms with Gasteiger partial charge < -0.3 is 15.8 Å². The number of carbonyl (C=O) groups is 2. The Balaban J connectivity index is 1.56. The van der Waals surface area contributed by atoms with Crippen molar-refractivity contribution in [1.29, 1.82) is 0 Å². The van der Waals surface area contributed by atoms with Gasteiger partial charge in [-0.05, 0) is 62.1 Å². The van der Waals surface area contributed by atoms with Gasteiger partial charge >= 0.3 is 0 Å². The second-order valence-corrected chi connectivity index (χ2v) is 7.90. The van der Waals surface area contributed by atoms with E-state index in [0.29, 0.717) is 17.1 Å². The third kappa shape index (κ3) is 4.04. The van der Waals surface area contributed by atoms with Crippen molar-refractivity contribution in [3.8, 4) is 0 Å². The fourth-order valence-electron chi connectivity index (χ4n) is 3.84. The SMILES string of the molecule is NC(C(=O)NCC1(c2ccc(Cl)cc2F)CC1)C1CCC(C=O)CC1. The number of rotatable bonds is 6. The summed E-state index contributed by atoms with van der Waals surface area (Å²) in [7, 11) is 0. The van der Waals surface area contributed by atoms with E-state index in [-0.39, 0.29) is 29.0 Å². The molecule has 1 atom stereocenters. The van der Waals surface area contributed by atoms with E-state index in [1.54, 1.807) is 12.1 Å². The molecular weight excluding hydrogens is 343 g/mol. The number of nitrogens with one attached hydrogen (secondary N) is 1. The predicted molar refractivity (Wildman–Crippen MR) is 94.8 cm³/mol. The molecule has 0 radical (unpaired) electrons. The zero-order chi connectivity index (χ0) is 18.0. The molecule has 1 amide bonds. The quantitative estimate of drug-likeness (QED) is 0.760. The fraction of sp³-hybridized carbons (Fsp3) is 0.579. The molecule has 2 saturated carbocycles. The van der Waals surface area contributed by atoms with Crippen molar-refractivity contribution in [3.63, 3.8) is 0 Å². The van der Waals surface area contributed by atoms with Gasteiger partial charge in [0.1, 0.15) is 12.1 Å². The third-order valence-electron chi connectivity index (χ3n) is 5.78. The summed E-state index contributed by atoms with van der Waals surface area (Å²) < 4.78 is 14.2. The van der Waals surface area contributed by atoms with E-state index >= 15 is 0 Å². The first-order chi connectivity index (χ1) is 11.9. The monoisotopic (exact) mass is 366 g/mol. The number of benzene rings is 1. The third-order valence-corrected chi connectivity index (χ3v) is 6.01. The largest absolute Gasteiger partial charge is 0.354 e. The summed E-state index contributed by atoms with van der Waals surface area (Å²) in [5.74, 6) is -0.293. The molecule has 0 spiro atoms. The van der Waals surface area contributed by atoms with Crippen LogP contribution >= 0.6 is 11.6 Å². The zero-order valence-corrected chi connectivity index (χ0v) is 14.9. The molecular formula is C19H24ClFN2O2. The number of amides is 1. The number of nitrogens with two attached hydrogens (primary N) is 1. The number of hydrogen-bond donors (Lipinski definition) is 2. The van der Waals surface area contributed by atoms with Gasteiger partial charge in [-0.25, -0.2) is 4.39 Å². The summed E-state index contributed by atoms with van der Waals surface area (Å²) in [5, 5.41) is 3.28. The van der Waals surface area contributed by atoms with E-state index in [4.69, 9.17) is 17.3 Å². The molecule has 1 aromatic rings. The van der Waals surface area contributed by atoms with Crippen LogP contribution in [0, 0.1) is 17.7 Å². The molecule has 136 valence electrons. The van der Waals surface area contributed by atoms with Crippen LogP contribution in [-0.4, -0.2) is 24.8 Å². The molecule has 2 aliphatic carbocycles. The van der Waals surface area contributed by atoms with Gasteiger partial charge in [0.05, 0.1) is 6.04 Å². The van der Waals surface area contributed by atoms with Crippen LogP contribution < -0.4 is 11.1 Å². The van der Waals surface area contributed by atoms with Crippen LogP contribution in [0.4, 0.5) is 4.39 Å². The number of hydrogen-bond acceptors (Lipinski definition) is 3. The van der Waals surface area contributed by atoms with Crippen LogP contribution in [0.2, 0.25) is 5.02 Å².